The maximum atomic E-state index is 12.2. The van der Waals surface area contributed by atoms with Crippen molar-refractivity contribution in [1.29, 1.82) is 0 Å². The van der Waals surface area contributed by atoms with Crippen LogP contribution >= 0.6 is 22.9 Å². The Bertz CT molecular complexity index is 675. The highest BCUT2D eigenvalue weighted by Gasteiger charge is 2.38. The number of aromatic nitrogens is 2. The van der Waals surface area contributed by atoms with Gasteiger partial charge in [0.25, 0.3) is 0 Å². The molecule has 106 valence electrons. The molecule has 0 saturated heterocycles. The maximum Gasteiger partial charge on any atom is 0.473 e. The van der Waals surface area contributed by atoms with Crippen LogP contribution in [0.3, 0.4) is 0 Å². The summed E-state index contributed by atoms with van der Waals surface area (Å²) >= 11 is 6.59. The molecular weight excluding hydrogens is 315 g/mol. The second kappa shape index (κ2) is 5.76. The molecule has 0 saturated carbocycles. The standard InChI is InChI=1S/C11H7ClF3N3OS/c12-8-2-1-7(5-16-8)6-18-3-4-20-10(18)17-9(19)11(13,14)15/h1-5H,6H2. The van der Waals surface area contributed by atoms with E-state index in [1.54, 1.807) is 23.7 Å². The first-order valence-electron chi connectivity index (χ1n) is 5.26. The van der Waals surface area contributed by atoms with Gasteiger partial charge in [0.1, 0.15) is 5.15 Å². The Labute approximate surface area is 120 Å². The molecule has 0 aromatic carbocycles. The Kier molecular flexibility index (Phi) is 4.24. The third-order valence-corrected chi connectivity index (χ3v) is 3.26. The van der Waals surface area contributed by atoms with E-state index in [1.165, 1.54) is 10.8 Å². The molecule has 0 atom stereocenters. The molecule has 2 heterocycles. The topological polar surface area (TPSA) is 47.2 Å². The molecule has 1 amide bonds. The van der Waals surface area contributed by atoms with Crippen LogP contribution in [-0.2, 0) is 11.3 Å². The van der Waals surface area contributed by atoms with Gasteiger partial charge in [-0.25, -0.2) is 4.98 Å². The van der Waals surface area contributed by atoms with Crippen molar-refractivity contribution in [3.63, 3.8) is 0 Å². The van der Waals surface area contributed by atoms with Gasteiger partial charge >= 0.3 is 12.1 Å². The number of carbonyl (C=O) groups is 1. The van der Waals surface area contributed by atoms with Gasteiger partial charge in [0.2, 0.25) is 0 Å². The SMILES string of the molecule is O=C(N=c1sccn1Cc1ccc(Cl)nc1)C(F)(F)F. The van der Waals surface area contributed by atoms with Crippen LogP contribution in [0.1, 0.15) is 5.56 Å². The van der Waals surface area contributed by atoms with E-state index in [2.05, 4.69) is 9.98 Å². The number of pyridine rings is 1. The average molecular weight is 322 g/mol. The molecule has 20 heavy (non-hydrogen) atoms. The second-order valence-electron chi connectivity index (χ2n) is 3.72. The van der Waals surface area contributed by atoms with E-state index in [0.29, 0.717) is 5.15 Å². The first-order valence-corrected chi connectivity index (χ1v) is 6.52. The number of carbonyl (C=O) groups excluding carboxylic acids is 1. The van der Waals surface area contributed by atoms with Crippen LogP contribution in [0.4, 0.5) is 13.2 Å². The lowest BCUT2D eigenvalue weighted by molar-refractivity contribution is -0.169. The Morgan fingerprint density at radius 1 is 1.45 bits per heavy atom. The van der Waals surface area contributed by atoms with Crippen LogP contribution < -0.4 is 4.80 Å². The van der Waals surface area contributed by atoms with Crippen molar-refractivity contribution < 1.29 is 18.0 Å². The minimum Gasteiger partial charge on any atom is -0.319 e. The highest BCUT2D eigenvalue weighted by atomic mass is 35.5. The molecule has 0 N–H and O–H groups in total. The number of nitrogens with zero attached hydrogens (tertiary/aromatic N) is 3. The number of thiazole rings is 1. The molecule has 2 aromatic rings. The number of halogens is 4. The van der Waals surface area contributed by atoms with Crippen molar-refractivity contribution in [2.24, 2.45) is 4.99 Å². The van der Waals surface area contributed by atoms with Gasteiger partial charge in [-0.05, 0) is 11.6 Å². The molecule has 2 aromatic heterocycles. The molecular formula is C11H7ClF3N3OS. The zero-order chi connectivity index (χ0) is 14.8. The Morgan fingerprint density at radius 2 is 2.20 bits per heavy atom. The maximum absolute atomic E-state index is 12.2. The van der Waals surface area contributed by atoms with Gasteiger partial charge in [0, 0.05) is 17.8 Å². The normalized spacial score (nSPS) is 12.7. The van der Waals surface area contributed by atoms with Crippen molar-refractivity contribution in [3.8, 4) is 0 Å². The monoisotopic (exact) mass is 321 g/mol. The van der Waals surface area contributed by atoms with Crippen LogP contribution in [0.5, 0.6) is 0 Å². The second-order valence-corrected chi connectivity index (χ2v) is 4.98. The van der Waals surface area contributed by atoms with Crippen LogP contribution in [0.2, 0.25) is 5.15 Å². The van der Waals surface area contributed by atoms with Crippen LogP contribution in [0.15, 0.2) is 34.9 Å². The summed E-state index contributed by atoms with van der Waals surface area (Å²) in [6, 6.07) is 3.26. The lowest BCUT2D eigenvalue weighted by atomic mass is 10.3. The van der Waals surface area contributed by atoms with Crippen LogP contribution in [-0.4, -0.2) is 21.6 Å². The van der Waals surface area contributed by atoms with Crippen LogP contribution in [0.25, 0.3) is 0 Å². The molecule has 9 heteroatoms. The fourth-order valence-electron chi connectivity index (χ4n) is 1.35. The van der Waals surface area contributed by atoms with Crippen LogP contribution in [0, 0.1) is 0 Å². The van der Waals surface area contributed by atoms with Crippen molar-refractivity contribution in [2.75, 3.05) is 0 Å². The van der Waals surface area contributed by atoms with Gasteiger partial charge < -0.3 is 4.57 Å². The lowest BCUT2D eigenvalue weighted by Gasteiger charge is -2.03. The Balaban J connectivity index is 2.27. The summed E-state index contributed by atoms with van der Waals surface area (Å²) in [5, 5.41) is 1.87. The predicted octanol–water partition coefficient (Wildman–Crippen LogP) is 2.64. The van der Waals surface area contributed by atoms with E-state index < -0.39 is 12.1 Å². The highest BCUT2D eigenvalue weighted by Crippen LogP contribution is 2.16. The summed E-state index contributed by atoms with van der Waals surface area (Å²) < 4.78 is 37.9. The fourth-order valence-corrected chi connectivity index (χ4v) is 2.19. The molecule has 0 aliphatic heterocycles. The molecule has 2 rings (SSSR count). The van der Waals surface area contributed by atoms with Crippen molar-refractivity contribution >= 4 is 28.8 Å². The van der Waals surface area contributed by atoms with Crippen molar-refractivity contribution in [3.05, 3.63) is 45.4 Å². The van der Waals surface area contributed by atoms with Crippen molar-refractivity contribution in [1.82, 2.24) is 9.55 Å². The lowest BCUT2D eigenvalue weighted by Crippen LogP contribution is -2.25. The predicted molar refractivity (Wildman–Crippen MR) is 67.3 cm³/mol. The number of rotatable bonds is 2. The molecule has 0 aliphatic carbocycles. The summed E-state index contributed by atoms with van der Waals surface area (Å²) in [5.41, 5.74) is 0.730. The Hall–Kier alpha value is -1.67. The summed E-state index contributed by atoms with van der Waals surface area (Å²) in [5.74, 6) is -2.12. The zero-order valence-corrected chi connectivity index (χ0v) is 11.3. The van der Waals surface area contributed by atoms with Gasteiger partial charge in [-0.3, -0.25) is 4.79 Å². The molecule has 4 nitrogen and oxygen atoms in total. The van der Waals surface area contributed by atoms with E-state index in [0.717, 1.165) is 16.9 Å². The van der Waals surface area contributed by atoms with E-state index in [4.69, 9.17) is 11.6 Å². The number of amides is 1. The number of hydrogen-bond acceptors (Lipinski definition) is 3. The Morgan fingerprint density at radius 3 is 2.80 bits per heavy atom. The smallest absolute Gasteiger partial charge is 0.319 e. The summed E-state index contributed by atoms with van der Waals surface area (Å²) in [7, 11) is 0. The molecule has 0 spiro atoms. The van der Waals surface area contributed by atoms with Gasteiger partial charge in [-0.15, -0.1) is 11.3 Å². The van der Waals surface area contributed by atoms with Gasteiger partial charge in [0.05, 0.1) is 6.54 Å². The summed E-state index contributed by atoms with van der Waals surface area (Å²) in [4.78, 5) is 17.8. The number of hydrogen-bond donors (Lipinski definition) is 0. The minimum atomic E-state index is -4.97. The molecule has 0 radical (unpaired) electrons. The van der Waals surface area contributed by atoms with E-state index in [-0.39, 0.29) is 11.3 Å². The van der Waals surface area contributed by atoms with E-state index in [1.807, 2.05) is 0 Å². The molecule has 0 unspecified atom stereocenters. The van der Waals surface area contributed by atoms with Gasteiger partial charge in [-0.2, -0.15) is 18.2 Å². The van der Waals surface area contributed by atoms with Gasteiger partial charge in [0.15, 0.2) is 4.80 Å². The highest BCUT2D eigenvalue weighted by molar-refractivity contribution is 7.07. The quantitative estimate of drug-likeness (QED) is 0.798. The summed E-state index contributed by atoms with van der Waals surface area (Å²) in [6.45, 7) is 0.248. The molecule has 0 aliphatic rings. The first kappa shape index (κ1) is 14.7. The third kappa shape index (κ3) is 3.67. The van der Waals surface area contributed by atoms with Crippen molar-refractivity contribution in [2.45, 2.75) is 12.7 Å². The van der Waals surface area contributed by atoms with E-state index >= 15 is 0 Å². The first-order chi connectivity index (χ1) is 9.36. The van der Waals surface area contributed by atoms with Gasteiger partial charge in [-0.1, -0.05) is 17.7 Å². The molecule has 0 fully saturated rings. The average Bonchev–Trinajstić information content (AvgIpc) is 2.78. The third-order valence-electron chi connectivity index (χ3n) is 2.24. The number of alkyl halides is 3. The van der Waals surface area contributed by atoms with E-state index in [9.17, 15) is 18.0 Å². The molecule has 0 bridgehead atoms. The fraction of sp³-hybridized carbons (Fsp3) is 0.182. The zero-order valence-electron chi connectivity index (χ0n) is 9.76. The largest absolute Gasteiger partial charge is 0.473 e. The minimum absolute atomic E-state index is 0.0257. The summed E-state index contributed by atoms with van der Waals surface area (Å²) in [6.07, 6.45) is -1.92.